The molecule has 82 valence electrons. The van der Waals surface area contributed by atoms with Crippen molar-refractivity contribution in [3.8, 4) is 11.1 Å². The second kappa shape index (κ2) is 3.97. The van der Waals surface area contributed by atoms with Crippen LogP contribution in [-0.4, -0.2) is 0 Å². The molecule has 0 amide bonds. The van der Waals surface area contributed by atoms with Gasteiger partial charge < -0.3 is 5.73 Å². The van der Waals surface area contributed by atoms with Crippen molar-refractivity contribution in [2.45, 2.75) is 13.8 Å². The Labute approximate surface area is 94.7 Å². The van der Waals surface area contributed by atoms with E-state index in [-0.39, 0.29) is 11.5 Å². The Bertz CT molecular complexity index is 532. The molecule has 0 radical (unpaired) electrons. The number of para-hydroxylation sites is 1. The van der Waals surface area contributed by atoms with Gasteiger partial charge in [0.1, 0.15) is 5.82 Å². The molecule has 0 saturated carbocycles. The molecule has 2 rings (SSSR count). The summed E-state index contributed by atoms with van der Waals surface area (Å²) in [6.07, 6.45) is 0. The molecule has 16 heavy (non-hydrogen) atoms. The van der Waals surface area contributed by atoms with Crippen LogP contribution in [0, 0.1) is 19.7 Å². The second-order valence-corrected chi connectivity index (χ2v) is 4.00. The van der Waals surface area contributed by atoms with Crippen LogP contribution in [0.25, 0.3) is 11.1 Å². The van der Waals surface area contributed by atoms with Gasteiger partial charge in [-0.05, 0) is 36.6 Å². The number of nitrogen functional groups attached to an aromatic ring is 1. The normalized spacial score (nSPS) is 10.4. The van der Waals surface area contributed by atoms with E-state index >= 15 is 0 Å². The molecular formula is C14H14FN. The quantitative estimate of drug-likeness (QED) is 0.721. The highest BCUT2D eigenvalue weighted by Crippen LogP contribution is 2.28. The SMILES string of the molecule is Cc1ccc(-c2cccc(F)c2N)cc1C. The van der Waals surface area contributed by atoms with Gasteiger partial charge in [0.2, 0.25) is 0 Å². The number of hydrogen-bond acceptors (Lipinski definition) is 1. The molecule has 0 saturated heterocycles. The average molecular weight is 215 g/mol. The van der Waals surface area contributed by atoms with Crippen LogP contribution in [0.3, 0.4) is 0 Å². The second-order valence-electron chi connectivity index (χ2n) is 4.00. The fourth-order valence-electron chi connectivity index (χ4n) is 1.70. The summed E-state index contributed by atoms with van der Waals surface area (Å²) in [5, 5.41) is 0. The van der Waals surface area contributed by atoms with Gasteiger partial charge in [0.25, 0.3) is 0 Å². The summed E-state index contributed by atoms with van der Waals surface area (Å²) >= 11 is 0. The molecule has 0 atom stereocenters. The van der Waals surface area contributed by atoms with Gasteiger partial charge in [-0.1, -0.05) is 30.3 Å². The molecule has 0 bridgehead atoms. The molecule has 0 aromatic heterocycles. The number of benzene rings is 2. The minimum Gasteiger partial charge on any atom is -0.396 e. The van der Waals surface area contributed by atoms with Gasteiger partial charge in [0, 0.05) is 5.56 Å². The number of hydrogen-bond donors (Lipinski definition) is 1. The fraction of sp³-hybridized carbons (Fsp3) is 0.143. The molecule has 1 nitrogen and oxygen atoms in total. The van der Waals surface area contributed by atoms with Gasteiger partial charge in [-0.2, -0.15) is 0 Å². The van der Waals surface area contributed by atoms with Gasteiger partial charge in [-0.3, -0.25) is 0 Å². The third-order valence-electron chi connectivity index (χ3n) is 2.87. The van der Waals surface area contributed by atoms with E-state index in [1.54, 1.807) is 6.07 Å². The van der Waals surface area contributed by atoms with Crippen LogP contribution >= 0.6 is 0 Å². The molecule has 2 heteroatoms. The Kier molecular flexibility index (Phi) is 2.65. The van der Waals surface area contributed by atoms with Crippen LogP contribution in [0.5, 0.6) is 0 Å². The lowest BCUT2D eigenvalue weighted by Crippen LogP contribution is -1.94. The zero-order valence-corrected chi connectivity index (χ0v) is 9.42. The van der Waals surface area contributed by atoms with Crippen molar-refractivity contribution >= 4 is 5.69 Å². The summed E-state index contributed by atoms with van der Waals surface area (Å²) in [7, 11) is 0. The van der Waals surface area contributed by atoms with Crippen molar-refractivity contribution in [3.63, 3.8) is 0 Å². The van der Waals surface area contributed by atoms with E-state index in [1.165, 1.54) is 17.2 Å². The first-order valence-corrected chi connectivity index (χ1v) is 5.21. The van der Waals surface area contributed by atoms with Crippen molar-refractivity contribution in [3.05, 3.63) is 53.3 Å². The molecule has 0 aliphatic carbocycles. The maximum atomic E-state index is 13.3. The van der Waals surface area contributed by atoms with E-state index in [1.807, 2.05) is 38.1 Å². The van der Waals surface area contributed by atoms with Crippen LogP contribution in [0.2, 0.25) is 0 Å². The monoisotopic (exact) mass is 215 g/mol. The highest BCUT2D eigenvalue weighted by molar-refractivity contribution is 5.77. The molecule has 2 aromatic rings. The van der Waals surface area contributed by atoms with E-state index in [2.05, 4.69) is 0 Å². The minimum atomic E-state index is -0.365. The third-order valence-corrected chi connectivity index (χ3v) is 2.87. The first-order chi connectivity index (χ1) is 7.59. The lowest BCUT2D eigenvalue weighted by atomic mass is 9.99. The van der Waals surface area contributed by atoms with Crippen molar-refractivity contribution in [1.29, 1.82) is 0 Å². The van der Waals surface area contributed by atoms with Crippen molar-refractivity contribution in [2.75, 3.05) is 5.73 Å². The molecule has 2 N–H and O–H groups in total. The highest BCUT2D eigenvalue weighted by atomic mass is 19.1. The van der Waals surface area contributed by atoms with Gasteiger partial charge in [0.05, 0.1) is 5.69 Å². The first kappa shape index (κ1) is 10.7. The zero-order chi connectivity index (χ0) is 11.7. The number of anilines is 1. The molecule has 0 spiro atoms. The highest BCUT2D eigenvalue weighted by Gasteiger charge is 2.07. The van der Waals surface area contributed by atoms with E-state index in [0.29, 0.717) is 0 Å². The summed E-state index contributed by atoms with van der Waals surface area (Å²) < 4.78 is 13.3. The number of nitrogens with two attached hydrogens (primary N) is 1. The summed E-state index contributed by atoms with van der Waals surface area (Å²) in [5.74, 6) is -0.365. The van der Waals surface area contributed by atoms with Crippen molar-refractivity contribution in [2.24, 2.45) is 0 Å². The van der Waals surface area contributed by atoms with Crippen molar-refractivity contribution < 1.29 is 4.39 Å². The number of rotatable bonds is 1. The Morgan fingerprint density at radius 2 is 1.75 bits per heavy atom. The van der Waals surface area contributed by atoms with Gasteiger partial charge >= 0.3 is 0 Å². The molecule has 0 fully saturated rings. The largest absolute Gasteiger partial charge is 0.396 e. The average Bonchev–Trinajstić information content (AvgIpc) is 2.26. The smallest absolute Gasteiger partial charge is 0.146 e. The Morgan fingerprint density at radius 3 is 2.44 bits per heavy atom. The topological polar surface area (TPSA) is 26.0 Å². The van der Waals surface area contributed by atoms with Gasteiger partial charge in [-0.25, -0.2) is 4.39 Å². The van der Waals surface area contributed by atoms with Crippen LogP contribution in [-0.2, 0) is 0 Å². The molecule has 0 aliphatic rings. The van der Waals surface area contributed by atoms with Crippen LogP contribution < -0.4 is 5.73 Å². The van der Waals surface area contributed by atoms with Crippen LogP contribution in [0.1, 0.15) is 11.1 Å². The van der Waals surface area contributed by atoms with Gasteiger partial charge in [0.15, 0.2) is 0 Å². The summed E-state index contributed by atoms with van der Waals surface area (Å²) in [5.41, 5.74) is 10.1. The molecular weight excluding hydrogens is 201 g/mol. The number of halogens is 1. The fourth-order valence-corrected chi connectivity index (χ4v) is 1.70. The Morgan fingerprint density at radius 1 is 1.00 bits per heavy atom. The molecule has 2 aromatic carbocycles. The van der Waals surface area contributed by atoms with Crippen LogP contribution in [0.15, 0.2) is 36.4 Å². The predicted octanol–water partition coefficient (Wildman–Crippen LogP) is 3.69. The van der Waals surface area contributed by atoms with E-state index in [9.17, 15) is 4.39 Å². The maximum Gasteiger partial charge on any atom is 0.146 e. The van der Waals surface area contributed by atoms with Crippen molar-refractivity contribution in [1.82, 2.24) is 0 Å². The van der Waals surface area contributed by atoms with E-state index in [4.69, 9.17) is 5.73 Å². The molecule has 0 aliphatic heterocycles. The first-order valence-electron chi connectivity index (χ1n) is 5.21. The summed E-state index contributed by atoms with van der Waals surface area (Å²) in [6.45, 7) is 4.09. The summed E-state index contributed by atoms with van der Waals surface area (Å²) in [4.78, 5) is 0. The lowest BCUT2D eigenvalue weighted by Gasteiger charge is -2.08. The minimum absolute atomic E-state index is 0.214. The van der Waals surface area contributed by atoms with E-state index in [0.717, 1.165) is 11.1 Å². The molecule has 0 unspecified atom stereocenters. The Balaban J connectivity index is 2.59. The molecule has 0 heterocycles. The van der Waals surface area contributed by atoms with Crippen LogP contribution in [0.4, 0.5) is 10.1 Å². The van der Waals surface area contributed by atoms with E-state index < -0.39 is 0 Å². The number of aryl methyl sites for hydroxylation is 2. The lowest BCUT2D eigenvalue weighted by molar-refractivity contribution is 0.633. The Hall–Kier alpha value is -1.83. The summed E-state index contributed by atoms with van der Waals surface area (Å²) in [6, 6.07) is 10.9. The predicted molar refractivity (Wildman–Crippen MR) is 65.7 cm³/mol. The third kappa shape index (κ3) is 1.78. The standard InChI is InChI=1S/C14H14FN/c1-9-6-7-11(8-10(9)2)12-4-3-5-13(15)14(12)16/h3-8H,16H2,1-2H3. The van der Waals surface area contributed by atoms with Gasteiger partial charge in [-0.15, -0.1) is 0 Å². The maximum absolute atomic E-state index is 13.3. The zero-order valence-electron chi connectivity index (χ0n) is 9.42.